The van der Waals surface area contributed by atoms with Crippen LogP contribution in [0.1, 0.15) is 5.69 Å². The molecular weight excluding hydrogens is 289 g/mol. The molecule has 0 saturated carbocycles. The lowest BCUT2D eigenvalue weighted by Crippen LogP contribution is -2.09. The minimum Gasteiger partial charge on any atom is -0.290 e. The molecule has 0 aliphatic carbocycles. The number of hydrogen-bond donors (Lipinski definition) is 0. The van der Waals surface area contributed by atoms with Gasteiger partial charge in [-0.2, -0.15) is 13.2 Å². The zero-order valence-corrected chi connectivity index (χ0v) is 10.7. The second-order valence-electron chi connectivity index (χ2n) is 3.87. The Hall–Kier alpha value is -2.09. The lowest BCUT2D eigenvalue weighted by atomic mass is 10.3. The van der Waals surface area contributed by atoms with Gasteiger partial charge >= 0.3 is 6.18 Å². The summed E-state index contributed by atoms with van der Waals surface area (Å²) in [5, 5.41) is 0. The molecule has 3 aromatic rings. The molecule has 0 bridgehead atoms. The predicted molar refractivity (Wildman–Crippen MR) is 66.3 cm³/mol. The highest BCUT2D eigenvalue weighted by Gasteiger charge is 2.35. The van der Waals surface area contributed by atoms with Gasteiger partial charge in [-0.25, -0.2) is 9.97 Å². The first-order valence-corrected chi connectivity index (χ1v) is 6.34. The first kappa shape index (κ1) is 12.9. The molecule has 0 atom stereocenters. The van der Waals surface area contributed by atoms with Crippen LogP contribution in [0.15, 0.2) is 53.0 Å². The summed E-state index contributed by atoms with van der Waals surface area (Å²) in [7, 11) is 0. The topological polar surface area (TPSA) is 43.1 Å². The van der Waals surface area contributed by atoms with Crippen molar-refractivity contribution in [2.24, 2.45) is 0 Å². The summed E-state index contributed by atoms with van der Waals surface area (Å²) in [6.45, 7) is 0. The van der Waals surface area contributed by atoms with Crippen molar-refractivity contribution in [1.82, 2.24) is 19.4 Å². The molecule has 8 heteroatoms. The van der Waals surface area contributed by atoms with Gasteiger partial charge in [-0.15, -0.1) is 0 Å². The van der Waals surface area contributed by atoms with Gasteiger partial charge in [-0.3, -0.25) is 9.38 Å². The van der Waals surface area contributed by atoms with Crippen LogP contribution >= 0.6 is 11.8 Å². The van der Waals surface area contributed by atoms with Crippen molar-refractivity contribution in [2.75, 3.05) is 0 Å². The number of nitrogens with zero attached hydrogens (tertiary/aromatic N) is 4. The molecule has 0 aromatic carbocycles. The molecule has 0 radical (unpaired) electrons. The van der Waals surface area contributed by atoms with Crippen LogP contribution in [0.5, 0.6) is 0 Å². The van der Waals surface area contributed by atoms with Gasteiger partial charge in [0, 0.05) is 29.7 Å². The van der Waals surface area contributed by atoms with Gasteiger partial charge in [0.2, 0.25) is 0 Å². The van der Waals surface area contributed by atoms with E-state index in [0.29, 0.717) is 10.5 Å². The number of imidazole rings is 1. The number of pyridine rings is 1. The Bertz CT molecular complexity index is 754. The number of rotatable bonds is 2. The fourth-order valence-electron chi connectivity index (χ4n) is 1.70. The third kappa shape index (κ3) is 2.34. The normalized spacial score (nSPS) is 11.9. The first-order chi connectivity index (χ1) is 9.55. The molecule has 4 nitrogen and oxygen atoms in total. The largest absolute Gasteiger partial charge is 0.434 e. The molecule has 0 aliphatic rings. The molecule has 0 unspecified atom stereocenters. The van der Waals surface area contributed by atoms with E-state index in [1.165, 1.54) is 18.3 Å². The Morgan fingerprint density at radius 2 is 1.95 bits per heavy atom. The number of fused-ring (bicyclic) bond motifs is 1. The number of halogens is 3. The van der Waals surface area contributed by atoms with Gasteiger partial charge in [-0.05, 0) is 12.1 Å². The maximum Gasteiger partial charge on any atom is 0.434 e. The maximum atomic E-state index is 12.9. The average molecular weight is 296 g/mol. The van der Waals surface area contributed by atoms with E-state index in [1.807, 2.05) is 0 Å². The molecule has 102 valence electrons. The van der Waals surface area contributed by atoms with E-state index in [2.05, 4.69) is 15.0 Å². The maximum absolute atomic E-state index is 12.9. The summed E-state index contributed by atoms with van der Waals surface area (Å²) in [5.41, 5.74) is -0.347. The summed E-state index contributed by atoms with van der Waals surface area (Å²) in [6, 6.07) is 2.85. The van der Waals surface area contributed by atoms with Crippen molar-refractivity contribution >= 4 is 17.4 Å². The molecule has 0 fully saturated rings. The van der Waals surface area contributed by atoms with Crippen LogP contribution in [0.2, 0.25) is 0 Å². The van der Waals surface area contributed by atoms with Crippen molar-refractivity contribution in [1.29, 1.82) is 0 Å². The minimum absolute atomic E-state index is 0.0258. The summed E-state index contributed by atoms with van der Waals surface area (Å²) in [4.78, 5) is 12.1. The van der Waals surface area contributed by atoms with E-state index in [9.17, 15) is 13.2 Å². The van der Waals surface area contributed by atoms with Crippen molar-refractivity contribution in [3.63, 3.8) is 0 Å². The highest BCUT2D eigenvalue weighted by atomic mass is 32.2. The van der Waals surface area contributed by atoms with Crippen LogP contribution in [0.4, 0.5) is 13.2 Å². The van der Waals surface area contributed by atoms with Crippen LogP contribution < -0.4 is 0 Å². The average Bonchev–Trinajstić information content (AvgIpc) is 2.87. The van der Waals surface area contributed by atoms with Gasteiger partial charge in [0.25, 0.3) is 0 Å². The van der Waals surface area contributed by atoms with Crippen LogP contribution in [0.25, 0.3) is 5.65 Å². The fourth-order valence-corrected chi connectivity index (χ4v) is 2.72. The van der Waals surface area contributed by atoms with Crippen molar-refractivity contribution in [3.8, 4) is 0 Å². The predicted octanol–water partition coefficient (Wildman–Crippen LogP) is 3.29. The second kappa shape index (κ2) is 4.78. The standard InChI is InChI=1S/C12H7F3N4S/c13-12(14,15)10-8(2-1-3-17-10)20-9-6-16-7-19-5-4-18-11(9)19/h1-7H. The van der Waals surface area contributed by atoms with Gasteiger partial charge in [0.15, 0.2) is 11.3 Å². The fraction of sp³-hybridized carbons (Fsp3) is 0.0833. The van der Waals surface area contributed by atoms with Gasteiger partial charge in [-0.1, -0.05) is 11.8 Å². The van der Waals surface area contributed by atoms with E-state index < -0.39 is 11.9 Å². The van der Waals surface area contributed by atoms with Crippen molar-refractivity contribution in [2.45, 2.75) is 16.0 Å². The summed E-state index contributed by atoms with van der Waals surface area (Å²) in [6.07, 6.45) is 2.91. The Morgan fingerprint density at radius 3 is 2.75 bits per heavy atom. The quantitative estimate of drug-likeness (QED) is 0.728. The third-order valence-corrected chi connectivity index (χ3v) is 3.59. The Kier molecular flexibility index (Phi) is 3.09. The molecular formula is C12H7F3N4S. The molecule has 0 spiro atoms. The summed E-state index contributed by atoms with van der Waals surface area (Å²) >= 11 is 0.947. The van der Waals surface area contributed by atoms with E-state index in [-0.39, 0.29) is 4.90 Å². The molecule has 0 saturated heterocycles. The SMILES string of the molecule is FC(F)(F)c1ncccc1Sc1cncn2ccnc12. The summed E-state index contributed by atoms with van der Waals surface area (Å²) in [5.74, 6) is 0. The van der Waals surface area contributed by atoms with E-state index in [4.69, 9.17) is 0 Å². The molecule has 3 heterocycles. The van der Waals surface area contributed by atoms with Crippen molar-refractivity contribution in [3.05, 3.63) is 48.9 Å². The molecule has 0 amide bonds. The monoisotopic (exact) mass is 296 g/mol. The number of hydrogen-bond acceptors (Lipinski definition) is 4. The third-order valence-electron chi connectivity index (χ3n) is 2.53. The van der Waals surface area contributed by atoms with E-state index in [0.717, 1.165) is 18.0 Å². The first-order valence-electron chi connectivity index (χ1n) is 5.52. The molecule has 3 aromatic heterocycles. The zero-order valence-electron chi connectivity index (χ0n) is 9.87. The molecule has 3 rings (SSSR count). The van der Waals surface area contributed by atoms with Gasteiger partial charge in [0.05, 0.1) is 4.90 Å². The Morgan fingerprint density at radius 1 is 1.10 bits per heavy atom. The highest BCUT2D eigenvalue weighted by molar-refractivity contribution is 7.99. The van der Waals surface area contributed by atoms with Gasteiger partial charge < -0.3 is 0 Å². The highest BCUT2D eigenvalue weighted by Crippen LogP contribution is 2.38. The molecule has 0 aliphatic heterocycles. The van der Waals surface area contributed by atoms with Crippen molar-refractivity contribution < 1.29 is 13.2 Å². The Labute approximate surface area is 115 Å². The second-order valence-corrected chi connectivity index (χ2v) is 4.95. The van der Waals surface area contributed by atoms with E-state index >= 15 is 0 Å². The number of aromatic nitrogens is 4. The zero-order chi connectivity index (χ0) is 14.2. The van der Waals surface area contributed by atoms with Crippen LogP contribution in [-0.4, -0.2) is 19.4 Å². The van der Waals surface area contributed by atoms with E-state index in [1.54, 1.807) is 23.1 Å². The number of alkyl halides is 3. The Balaban J connectivity index is 2.06. The van der Waals surface area contributed by atoms with Crippen LogP contribution in [0.3, 0.4) is 0 Å². The van der Waals surface area contributed by atoms with Crippen LogP contribution in [0, 0.1) is 0 Å². The smallest absolute Gasteiger partial charge is 0.290 e. The molecule has 0 N–H and O–H groups in total. The minimum atomic E-state index is -4.49. The lowest BCUT2D eigenvalue weighted by molar-refractivity contribution is -0.143. The van der Waals surface area contributed by atoms with Crippen LogP contribution in [-0.2, 0) is 6.18 Å². The lowest BCUT2D eigenvalue weighted by Gasteiger charge is -2.10. The molecule has 20 heavy (non-hydrogen) atoms. The summed E-state index contributed by atoms with van der Waals surface area (Å²) < 4.78 is 40.3. The van der Waals surface area contributed by atoms with Gasteiger partial charge in [0.1, 0.15) is 6.33 Å².